The first-order chi connectivity index (χ1) is 56.5. The highest BCUT2D eigenvalue weighted by atomic mass is 14.3. The minimum absolute atomic E-state index is 0.0951. The molecule has 0 N–H and O–H groups in total. The molecule has 20 aromatic carbocycles. The molecule has 0 heterocycles. The molecule has 0 aliphatic heterocycles. The molecule has 20 aromatic rings. The van der Waals surface area contributed by atoms with Crippen LogP contribution in [0.2, 0.25) is 0 Å². The van der Waals surface area contributed by atoms with Crippen molar-refractivity contribution in [1.82, 2.24) is 0 Å². The van der Waals surface area contributed by atoms with Gasteiger partial charge in [-0.3, -0.25) is 0 Å². The van der Waals surface area contributed by atoms with Crippen LogP contribution in [0.5, 0.6) is 0 Å². The Morgan fingerprint density at radius 1 is 0.147 bits per heavy atom. The molecule has 0 aliphatic carbocycles. The molecule has 0 aromatic heterocycles. The number of rotatable bonds is 8. The van der Waals surface area contributed by atoms with E-state index in [2.05, 4.69) is 458 Å². The van der Waals surface area contributed by atoms with Crippen molar-refractivity contribution in [3.05, 3.63) is 432 Å². The van der Waals surface area contributed by atoms with Gasteiger partial charge in [0, 0.05) is 0 Å². The van der Waals surface area contributed by atoms with Gasteiger partial charge in [0.25, 0.3) is 0 Å². The van der Waals surface area contributed by atoms with Crippen LogP contribution in [0.1, 0.15) is 70.8 Å². The molecule has 0 saturated carbocycles. The van der Waals surface area contributed by atoms with Crippen LogP contribution >= 0.6 is 0 Å². The zero-order valence-corrected chi connectivity index (χ0v) is 68.4. The van der Waals surface area contributed by atoms with Crippen molar-refractivity contribution >= 4 is 86.2 Å². The van der Waals surface area contributed by atoms with Gasteiger partial charge in [0.05, 0.1) is 0 Å². The lowest BCUT2D eigenvalue weighted by atomic mass is 9.81. The molecule has 20 rings (SSSR count). The number of benzene rings is 20. The molecule has 0 amide bonds. The summed E-state index contributed by atoms with van der Waals surface area (Å²) in [6, 6.07) is 139. The van der Waals surface area contributed by atoms with Gasteiger partial charge in [-0.05, 0) is 275 Å². The lowest BCUT2D eigenvalue weighted by Crippen LogP contribution is -2.10. The third-order valence-corrected chi connectivity index (χ3v) is 23.7. The summed E-state index contributed by atoms with van der Waals surface area (Å²) in [5.74, 6) is 0. The van der Waals surface area contributed by atoms with Crippen LogP contribution in [0.3, 0.4) is 0 Å². The van der Waals surface area contributed by atoms with Gasteiger partial charge < -0.3 is 0 Å². The monoisotopic (exact) mass is 1490 g/mol. The topological polar surface area (TPSA) is 0 Å². The van der Waals surface area contributed by atoms with E-state index in [-0.39, 0.29) is 5.41 Å². The Hall–Kier alpha value is -13.5. The summed E-state index contributed by atoms with van der Waals surface area (Å²) in [4.78, 5) is 0. The highest BCUT2D eigenvalue weighted by molar-refractivity contribution is 6.26. The highest BCUT2D eigenvalue weighted by Gasteiger charge is 2.24. The van der Waals surface area contributed by atoms with Gasteiger partial charge in [0.2, 0.25) is 0 Å². The molecule has 0 saturated heterocycles. The average Bonchev–Trinajstić information content (AvgIpc) is 0.749. The smallest absolute Gasteiger partial charge is 0.00237 e. The number of fused-ring (bicyclic) bond motifs is 8. The molecule has 0 radical (unpaired) electrons. The minimum atomic E-state index is 0.0951. The molecule has 0 fully saturated rings. The first kappa shape index (κ1) is 75.2. The zero-order valence-electron chi connectivity index (χ0n) is 68.4. The second-order valence-electron chi connectivity index (χ2n) is 32.6. The van der Waals surface area contributed by atoms with E-state index in [4.69, 9.17) is 0 Å². The van der Waals surface area contributed by atoms with Crippen LogP contribution in [0.4, 0.5) is 0 Å². The lowest BCUT2D eigenvalue weighted by Gasteiger charge is -2.23. The predicted octanol–water partition coefficient (Wildman–Crippen LogP) is 33.1. The van der Waals surface area contributed by atoms with E-state index in [1.165, 1.54) is 225 Å². The molecule has 116 heavy (non-hydrogen) atoms. The molecule has 0 spiro atoms. The molecule has 0 bridgehead atoms. The third kappa shape index (κ3) is 14.5. The largest absolute Gasteiger partial charge is 0.0622 e. The van der Waals surface area contributed by atoms with E-state index in [0.717, 1.165) is 0 Å². The summed E-state index contributed by atoms with van der Waals surface area (Å²) in [6.45, 7) is 24.5. The second-order valence-corrected chi connectivity index (χ2v) is 32.6. The molecule has 0 nitrogen and oxygen atoms in total. The van der Waals surface area contributed by atoms with Gasteiger partial charge in [0.1, 0.15) is 0 Å². The molecule has 560 valence electrons. The Balaban J connectivity index is 0.000000111. The second kappa shape index (κ2) is 32.2. The maximum Gasteiger partial charge on any atom is -0.00237 e. The van der Waals surface area contributed by atoms with E-state index >= 15 is 0 Å². The quantitative estimate of drug-likeness (QED) is 0.133. The fourth-order valence-corrected chi connectivity index (χ4v) is 17.6. The fourth-order valence-electron chi connectivity index (χ4n) is 17.6. The Bertz CT molecular complexity index is 6900. The standard InChI is InChI=1S/2C31H28.2C27H20/c1-19-11-13-25(14-12-19)31-28-17-22(4)20(2)15-26(28)30(24-9-7-6-8-10-24)27-16-21(3)23(5)18-29(27)31;1-21-14-16-23(17-15-21)29-25-12-8-9-13-26(25)30(22-10-6-5-7-11-22)28-20-24(31(2,3)4)18-19-27(28)29;1-19-11-10-18-24-25(19)27(21-14-6-3-7-15-21)23-17-9-8-16-22(23)26(24)20-12-4-2-5-13-20;1-19-16-17-24-25(18-19)27(21-12-6-3-7-13-21)23-15-9-8-14-22(23)26(24)20-10-4-2-5-11-20/h6-18H,1-5H3;5-20H,1-4H3;2*2-18H,1H3. The molecular formula is C116H96. The van der Waals surface area contributed by atoms with Crippen LogP contribution in [-0.4, -0.2) is 0 Å². The number of hydrogen-bond acceptors (Lipinski definition) is 0. The van der Waals surface area contributed by atoms with Crippen LogP contribution < -0.4 is 0 Å². The van der Waals surface area contributed by atoms with Crippen LogP contribution in [-0.2, 0) is 5.41 Å². The van der Waals surface area contributed by atoms with Crippen molar-refractivity contribution in [2.24, 2.45) is 0 Å². The van der Waals surface area contributed by atoms with E-state index < -0.39 is 0 Å². The number of aryl methyl sites for hydroxylation is 8. The van der Waals surface area contributed by atoms with Gasteiger partial charge in [-0.25, -0.2) is 0 Å². The summed E-state index contributed by atoms with van der Waals surface area (Å²) in [7, 11) is 0. The van der Waals surface area contributed by atoms with Crippen LogP contribution in [0.15, 0.2) is 382 Å². The van der Waals surface area contributed by atoms with E-state index in [1.807, 2.05) is 0 Å². The van der Waals surface area contributed by atoms with Crippen molar-refractivity contribution < 1.29 is 0 Å². The van der Waals surface area contributed by atoms with E-state index in [9.17, 15) is 0 Å². The van der Waals surface area contributed by atoms with Crippen LogP contribution in [0, 0.1) is 55.4 Å². The Labute approximate surface area is 684 Å². The fraction of sp³-hybridized carbons (Fsp3) is 0.103. The van der Waals surface area contributed by atoms with Crippen molar-refractivity contribution in [3.63, 3.8) is 0 Å². The molecule has 0 heteroatoms. The Kier molecular flexibility index (Phi) is 20.8. The molecular weight excluding hydrogens is 1390 g/mol. The van der Waals surface area contributed by atoms with Gasteiger partial charge in [0.15, 0.2) is 0 Å². The van der Waals surface area contributed by atoms with Crippen molar-refractivity contribution in [1.29, 1.82) is 0 Å². The number of hydrogen-bond donors (Lipinski definition) is 0. The van der Waals surface area contributed by atoms with Crippen molar-refractivity contribution in [3.8, 4) is 89.0 Å². The van der Waals surface area contributed by atoms with E-state index in [0.29, 0.717) is 0 Å². The van der Waals surface area contributed by atoms with Crippen molar-refractivity contribution in [2.45, 2.75) is 81.6 Å². The lowest BCUT2D eigenvalue weighted by molar-refractivity contribution is 0.591. The zero-order chi connectivity index (χ0) is 79.7. The van der Waals surface area contributed by atoms with Crippen LogP contribution in [0.25, 0.3) is 175 Å². The van der Waals surface area contributed by atoms with Gasteiger partial charge >= 0.3 is 0 Å². The van der Waals surface area contributed by atoms with E-state index in [1.54, 1.807) is 0 Å². The third-order valence-electron chi connectivity index (χ3n) is 23.7. The molecule has 0 atom stereocenters. The summed E-state index contributed by atoms with van der Waals surface area (Å²) < 4.78 is 0. The summed E-state index contributed by atoms with van der Waals surface area (Å²) in [5, 5.41) is 21.1. The predicted molar refractivity (Wildman–Crippen MR) is 506 cm³/mol. The normalized spacial score (nSPS) is 11.4. The summed E-state index contributed by atoms with van der Waals surface area (Å²) in [5.41, 5.74) is 32.8. The summed E-state index contributed by atoms with van der Waals surface area (Å²) >= 11 is 0. The maximum atomic E-state index is 2.42. The van der Waals surface area contributed by atoms with Gasteiger partial charge in [-0.2, -0.15) is 0 Å². The molecule has 0 aliphatic rings. The Morgan fingerprint density at radius 2 is 0.371 bits per heavy atom. The first-order valence-electron chi connectivity index (χ1n) is 40.9. The summed E-state index contributed by atoms with van der Waals surface area (Å²) in [6.07, 6.45) is 0. The average molecular weight is 1490 g/mol. The highest BCUT2D eigenvalue weighted by Crippen LogP contribution is 2.50. The molecule has 0 unspecified atom stereocenters. The maximum absolute atomic E-state index is 2.42. The van der Waals surface area contributed by atoms with Crippen molar-refractivity contribution in [2.75, 3.05) is 0 Å². The Morgan fingerprint density at radius 3 is 0.698 bits per heavy atom. The minimum Gasteiger partial charge on any atom is -0.0622 e. The van der Waals surface area contributed by atoms with Gasteiger partial charge in [-0.15, -0.1) is 0 Å². The first-order valence-corrected chi connectivity index (χ1v) is 40.9. The van der Waals surface area contributed by atoms with Gasteiger partial charge in [-0.1, -0.05) is 414 Å². The SMILES string of the molecule is Cc1ccc(-c2c3cc(C)c(C)cc3c(-c3ccccc3)c3cc(C)c(C)cc23)cc1.Cc1ccc(-c2c3ccccc3c(-c3ccccc3)c3cc(C(C)(C)C)ccc23)cc1.Cc1ccc2c(-c3ccccc3)c3ccccc3c(-c3ccccc3)c2c1.Cc1cccc2c(-c3ccccc3)c3ccccc3c(-c3ccccc3)c12.